The molecule has 0 aromatic heterocycles. The molecule has 5 heteroatoms. The van der Waals surface area contributed by atoms with Gasteiger partial charge in [0.2, 0.25) is 5.91 Å². The molecular weight excluding hydrogens is 321 g/mol. The van der Waals surface area contributed by atoms with Crippen LogP contribution in [0.1, 0.15) is 22.3 Å². The highest BCUT2D eigenvalue weighted by Crippen LogP contribution is 2.40. The smallest absolute Gasteiger partial charge is 0.224 e. The van der Waals surface area contributed by atoms with Crippen molar-refractivity contribution in [1.82, 2.24) is 5.32 Å². The van der Waals surface area contributed by atoms with Crippen molar-refractivity contribution in [1.29, 1.82) is 0 Å². The summed E-state index contributed by atoms with van der Waals surface area (Å²) < 4.78 is 24.4. The maximum atomic E-state index is 12.9. The van der Waals surface area contributed by atoms with Crippen LogP contribution in [-0.2, 0) is 30.5 Å². The highest BCUT2D eigenvalue weighted by atomic mass is 19.1. The minimum Gasteiger partial charge on any atom is -0.493 e. The van der Waals surface area contributed by atoms with Crippen LogP contribution in [0.15, 0.2) is 30.3 Å². The van der Waals surface area contributed by atoms with Crippen molar-refractivity contribution in [3.8, 4) is 11.5 Å². The minimum atomic E-state index is -0.293. The van der Waals surface area contributed by atoms with E-state index < -0.39 is 0 Å². The number of benzene rings is 2. The van der Waals surface area contributed by atoms with Gasteiger partial charge in [-0.15, -0.1) is 0 Å². The van der Waals surface area contributed by atoms with Gasteiger partial charge >= 0.3 is 0 Å². The number of amides is 1. The molecule has 0 radical (unpaired) electrons. The van der Waals surface area contributed by atoms with Crippen molar-refractivity contribution >= 4 is 5.91 Å². The van der Waals surface area contributed by atoms with Gasteiger partial charge in [0.25, 0.3) is 0 Å². The lowest BCUT2D eigenvalue weighted by Gasteiger charge is -2.13. The van der Waals surface area contributed by atoms with Crippen LogP contribution in [0.5, 0.6) is 11.5 Å². The Kier molecular flexibility index (Phi) is 4.30. The van der Waals surface area contributed by atoms with Crippen LogP contribution in [0.4, 0.5) is 4.39 Å². The molecule has 2 aliphatic heterocycles. The van der Waals surface area contributed by atoms with E-state index in [0.29, 0.717) is 19.8 Å². The molecule has 1 amide bonds. The van der Waals surface area contributed by atoms with E-state index in [2.05, 4.69) is 11.4 Å². The first-order valence-corrected chi connectivity index (χ1v) is 8.65. The third-order valence-electron chi connectivity index (χ3n) is 4.74. The number of ether oxygens (including phenoxy) is 2. The van der Waals surface area contributed by atoms with Gasteiger partial charge in [-0.25, -0.2) is 4.39 Å². The molecule has 2 aliphatic rings. The van der Waals surface area contributed by atoms with E-state index in [1.165, 1.54) is 28.8 Å². The van der Waals surface area contributed by atoms with Gasteiger partial charge in [0.15, 0.2) is 0 Å². The summed E-state index contributed by atoms with van der Waals surface area (Å²) in [5.41, 5.74) is 4.39. The van der Waals surface area contributed by atoms with Crippen LogP contribution >= 0.6 is 0 Å². The van der Waals surface area contributed by atoms with Crippen LogP contribution in [0.25, 0.3) is 0 Å². The van der Waals surface area contributed by atoms with E-state index in [1.54, 1.807) is 12.1 Å². The van der Waals surface area contributed by atoms with Gasteiger partial charge in [-0.05, 0) is 30.2 Å². The van der Waals surface area contributed by atoms with Crippen molar-refractivity contribution in [3.05, 3.63) is 58.4 Å². The Bertz CT molecular complexity index is 769. The zero-order valence-corrected chi connectivity index (χ0v) is 13.9. The number of nitrogens with one attached hydrogen (secondary N) is 1. The van der Waals surface area contributed by atoms with E-state index in [1.807, 2.05) is 0 Å². The lowest BCUT2D eigenvalue weighted by Crippen LogP contribution is -2.27. The first kappa shape index (κ1) is 15.9. The van der Waals surface area contributed by atoms with Gasteiger partial charge in [0.05, 0.1) is 19.6 Å². The molecule has 0 saturated heterocycles. The van der Waals surface area contributed by atoms with Gasteiger partial charge in [-0.1, -0.05) is 12.1 Å². The normalized spacial score (nSPS) is 14.4. The second-order valence-corrected chi connectivity index (χ2v) is 6.42. The molecule has 0 aliphatic carbocycles. The Morgan fingerprint density at radius 2 is 1.92 bits per heavy atom. The molecule has 0 atom stereocenters. The number of carbonyl (C=O) groups excluding carboxylic acids is 1. The fraction of sp³-hybridized carbons (Fsp3) is 0.350. The molecule has 130 valence electrons. The van der Waals surface area contributed by atoms with Crippen molar-refractivity contribution in [2.45, 2.75) is 25.7 Å². The van der Waals surface area contributed by atoms with E-state index in [-0.39, 0.29) is 18.1 Å². The molecule has 4 rings (SSSR count). The van der Waals surface area contributed by atoms with E-state index in [9.17, 15) is 9.18 Å². The van der Waals surface area contributed by atoms with Gasteiger partial charge in [-0.3, -0.25) is 4.79 Å². The maximum Gasteiger partial charge on any atom is 0.224 e. The Hall–Kier alpha value is -2.56. The predicted molar refractivity (Wildman–Crippen MR) is 91.7 cm³/mol. The topological polar surface area (TPSA) is 47.6 Å². The summed E-state index contributed by atoms with van der Waals surface area (Å²) in [4.78, 5) is 12.1. The summed E-state index contributed by atoms with van der Waals surface area (Å²) in [6.07, 6.45) is 2.79. The molecule has 25 heavy (non-hydrogen) atoms. The summed E-state index contributed by atoms with van der Waals surface area (Å²) in [7, 11) is 0. The summed E-state index contributed by atoms with van der Waals surface area (Å²) in [6.45, 7) is 1.97. The number of rotatable bonds is 5. The molecule has 2 aromatic carbocycles. The Morgan fingerprint density at radius 3 is 2.76 bits per heavy atom. The maximum absolute atomic E-state index is 12.9. The van der Waals surface area contributed by atoms with Crippen molar-refractivity contribution in [2.75, 3.05) is 19.8 Å². The predicted octanol–water partition coefficient (Wildman–Crippen LogP) is 2.60. The Balaban J connectivity index is 1.39. The zero-order valence-electron chi connectivity index (χ0n) is 13.9. The summed E-state index contributed by atoms with van der Waals surface area (Å²) in [6, 6.07) is 8.11. The first-order chi connectivity index (χ1) is 12.2. The standard InChI is InChI=1S/C20H20FNO3/c21-15-3-1-13(2-4-15)11-19(23)22-8-5-17-16-7-10-24-18(16)12-14-6-9-25-20(14)17/h1-4,12H,5-11H2,(H,22,23). The summed E-state index contributed by atoms with van der Waals surface area (Å²) >= 11 is 0. The van der Waals surface area contributed by atoms with Crippen LogP contribution in [0, 0.1) is 5.82 Å². The lowest BCUT2D eigenvalue weighted by atomic mass is 9.97. The SMILES string of the molecule is O=C(Cc1ccc(F)cc1)NCCc1c2c(cc3c1OCC3)OCC2. The molecular formula is C20H20FNO3. The molecule has 0 saturated carbocycles. The number of hydrogen-bond donors (Lipinski definition) is 1. The number of halogens is 1. The molecule has 1 N–H and O–H groups in total. The van der Waals surface area contributed by atoms with Gasteiger partial charge in [-0.2, -0.15) is 0 Å². The third kappa shape index (κ3) is 3.31. The van der Waals surface area contributed by atoms with Crippen LogP contribution in [-0.4, -0.2) is 25.7 Å². The second-order valence-electron chi connectivity index (χ2n) is 6.42. The van der Waals surface area contributed by atoms with Crippen LogP contribution < -0.4 is 14.8 Å². The van der Waals surface area contributed by atoms with Crippen molar-refractivity contribution < 1.29 is 18.7 Å². The lowest BCUT2D eigenvalue weighted by molar-refractivity contribution is -0.120. The third-order valence-corrected chi connectivity index (χ3v) is 4.74. The Labute approximate surface area is 146 Å². The largest absolute Gasteiger partial charge is 0.493 e. The zero-order chi connectivity index (χ0) is 17.2. The van der Waals surface area contributed by atoms with Gasteiger partial charge in [0.1, 0.15) is 17.3 Å². The molecule has 4 nitrogen and oxygen atoms in total. The van der Waals surface area contributed by atoms with Crippen molar-refractivity contribution in [3.63, 3.8) is 0 Å². The van der Waals surface area contributed by atoms with E-state index >= 15 is 0 Å². The highest BCUT2D eigenvalue weighted by molar-refractivity contribution is 5.78. The fourth-order valence-electron chi connectivity index (χ4n) is 3.53. The van der Waals surface area contributed by atoms with Crippen molar-refractivity contribution in [2.24, 2.45) is 0 Å². The average Bonchev–Trinajstić information content (AvgIpc) is 3.25. The second kappa shape index (κ2) is 6.75. The molecule has 2 aromatic rings. The number of carbonyl (C=O) groups is 1. The van der Waals surface area contributed by atoms with Gasteiger partial charge in [0, 0.05) is 36.1 Å². The van der Waals surface area contributed by atoms with Crippen LogP contribution in [0.3, 0.4) is 0 Å². The fourth-order valence-corrected chi connectivity index (χ4v) is 3.53. The van der Waals surface area contributed by atoms with E-state index in [4.69, 9.17) is 9.47 Å². The highest BCUT2D eigenvalue weighted by Gasteiger charge is 2.26. The number of hydrogen-bond acceptors (Lipinski definition) is 3. The molecule has 0 unspecified atom stereocenters. The van der Waals surface area contributed by atoms with E-state index in [0.717, 1.165) is 36.3 Å². The monoisotopic (exact) mass is 341 g/mol. The molecule has 0 spiro atoms. The average molecular weight is 341 g/mol. The Morgan fingerprint density at radius 1 is 1.12 bits per heavy atom. The number of fused-ring (bicyclic) bond motifs is 2. The summed E-state index contributed by atoms with van der Waals surface area (Å²) in [5.74, 6) is 1.60. The van der Waals surface area contributed by atoms with Crippen LogP contribution in [0.2, 0.25) is 0 Å². The molecule has 0 bridgehead atoms. The summed E-state index contributed by atoms with van der Waals surface area (Å²) in [5, 5.41) is 2.95. The first-order valence-electron chi connectivity index (χ1n) is 8.65. The minimum absolute atomic E-state index is 0.0620. The molecule has 0 fully saturated rings. The van der Waals surface area contributed by atoms with Gasteiger partial charge < -0.3 is 14.8 Å². The molecule has 2 heterocycles. The quantitative estimate of drug-likeness (QED) is 0.909.